The Balaban J connectivity index is 2.33. The molecule has 104 valence electrons. The Morgan fingerprint density at radius 2 is 1.78 bits per heavy atom. The fraction of sp³-hybridized carbons (Fsp3) is 0.846. The summed E-state index contributed by atoms with van der Waals surface area (Å²) in [5.74, 6) is 0.149. The van der Waals surface area contributed by atoms with Gasteiger partial charge >= 0.3 is 0 Å². The minimum absolute atomic E-state index is 0.0733. The Bertz CT molecular complexity index is 284. The van der Waals surface area contributed by atoms with Crippen molar-refractivity contribution in [1.29, 1.82) is 0 Å². The van der Waals surface area contributed by atoms with Gasteiger partial charge in [-0.15, -0.1) is 0 Å². The number of nitrogens with zero attached hydrogens (tertiary/aromatic N) is 2. The Labute approximate surface area is 110 Å². The average molecular weight is 255 g/mol. The van der Waals surface area contributed by atoms with Crippen LogP contribution in [-0.2, 0) is 9.59 Å². The van der Waals surface area contributed by atoms with E-state index in [4.69, 9.17) is 0 Å². The van der Waals surface area contributed by atoms with Gasteiger partial charge in [-0.05, 0) is 26.8 Å². The molecule has 2 amide bonds. The van der Waals surface area contributed by atoms with Gasteiger partial charge in [-0.3, -0.25) is 9.59 Å². The van der Waals surface area contributed by atoms with Gasteiger partial charge in [0.1, 0.15) is 0 Å². The predicted octanol–water partition coefficient (Wildman–Crippen LogP) is 0.455. The van der Waals surface area contributed by atoms with Crippen molar-refractivity contribution in [3.05, 3.63) is 0 Å². The summed E-state index contributed by atoms with van der Waals surface area (Å²) in [6.45, 7) is 7.18. The zero-order valence-electron chi connectivity index (χ0n) is 11.7. The third-order valence-corrected chi connectivity index (χ3v) is 3.64. The first-order valence-electron chi connectivity index (χ1n) is 6.84. The van der Waals surface area contributed by atoms with E-state index in [0.29, 0.717) is 32.0 Å². The molecule has 1 unspecified atom stereocenters. The van der Waals surface area contributed by atoms with Crippen LogP contribution >= 0.6 is 0 Å². The van der Waals surface area contributed by atoms with Gasteiger partial charge < -0.3 is 15.1 Å². The number of hydrogen-bond donors (Lipinski definition) is 1. The van der Waals surface area contributed by atoms with E-state index in [-0.39, 0.29) is 11.8 Å². The number of amides is 2. The van der Waals surface area contributed by atoms with Crippen molar-refractivity contribution in [1.82, 2.24) is 15.1 Å². The maximum atomic E-state index is 12.0. The SMILES string of the molecule is CCN(CC)C(=O)CCC(=O)N(C)C1CCNC1. The fourth-order valence-corrected chi connectivity index (χ4v) is 2.30. The molecule has 1 saturated heterocycles. The molecule has 1 heterocycles. The van der Waals surface area contributed by atoms with Crippen LogP contribution in [0.5, 0.6) is 0 Å². The molecular formula is C13H25N3O2. The van der Waals surface area contributed by atoms with Crippen LogP contribution in [0.25, 0.3) is 0 Å². The zero-order chi connectivity index (χ0) is 13.5. The molecule has 0 aromatic heterocycles. The van der Waals surface area contributed by atoms with Gasteiger partial charge in [0.2, 0.25) is 11.8 Å². The second-order valence-corrected chi connectivity index (χ2v) is 4.72. The van der Waals surface area contributed by atoms with Gasteiger partial charge in [-0.25, -0.2) is 0 Å². The summed E-state index contributed by atoms with van der Waals surface area (Å²) >= 11 is 0. The van der Waals surface area contributed by atoms with Crippen LogP contribution in [-0.4, -0.2) is 60.9 Å². The Morgan fingerprint density at radius 3 is 2.28 bits per heavy atom. The van der Waals surface area contributed by atoms with Crippen molar-refractivity contribution in [2.75, 3.05) is 33.2 Å². The second-order valence-electron chi connectivity index (χ2n) is 4.72. The number of hydrogen-bond acceptors (Lipinski definition) is 3. The van der Waals surface area contributed by atoms with Crippen LogP contribution in [0.1, 0.15) is 33.1 Å². The highest BCUT2D eigenvalue weighted by molar-refractivity contribution is 5.83. The first kappa shape index (κ1) is 15.0. The first-order valence-corrected chi connectivity index (χ1v) is 6.84. The lowest BCUT2D eigenvalue weighted by atomic mass is 10.2. The molecule has 1 rings (SSSR count). The molecule has 5 nitrogen and oxygen atoms in total. The summed E-state index contributed by atoms with van der Waals surface area (Å²) in [6, 6.07) is 0.293. The lowest BCUT2D eigenvalue weighted by molar-refractivity contribution is -0.137. The van der Waals surface area contributed by atoms with E-state index < -0.39 is 0 Å². The van der Waals surface area contributed by atoms with E-state index in [9.17, 15) is 9.59 Å². The predicted molar refractivity (Wildman–Crippen MR) is 71.2 cm³/mol. The molecule has 1 atom stereocenters. The zero-order valence-corrected chi connectivity index (χ0v) is 11.7. The molecule has 0 bridgehead atoms. The Morgan fingerprint density at radius 1 is 1.17 bits per heavy atom. The van der Waals surface area contributed by atoms with Crippen molar-refractivity contribution < 1.29 is 9.59 Å². The smallest absolute Gasteiger partial charge is 0.223 e. The molecule has 1 fully saturated rings. The average Bonchev–Trinajstić information content (AvgIpc) is 2.90. The van der Waals surface area contributed by atoms with Gasteiger partial charge in [-0.1, -0.05) is 0 Å². The van der Waals surface area contributed by atoms with Crippen LogP contribution in [0.4, 0.5) is 0 Å². The summed E-state index contributed by atoms with van der Waals surface area (Å²) in [5, 5.41) is 3.24. The molecular weight excluding hydrogens is 230 g/mol. The summed E-state index contributed by atoms with van der Waals surface area (Å²) in [6.07, 6.45) is 1.65. The number of carbonyl (C=O) groups is 2. The molecule has 1 N–H and O–H groups in total. The minimum Gasteiger partial charge on any atom is -0.343 e. The highest BCUT2D eigenvalue weighted by atomic mass is 16.2. The standard InChI is InChI=1S/C13H25N3O2/c1-4-16(5-2)13(18)7-6-12(17)15(3)11-8-9-14-10-11/h11,14H,4-10H2,1-3H3. The second kappa shape index (κ2) is 7.36. The largest absolute Gasteiger partial charge is 0.343 e. The lowest BCUT2D eigenvalue weighted by Gasteiger charge is -2.24. The molecule has 0 spiro atoms. The maximum Gasteiger partial charge on any atom is 0.223 e. The molecule has 0 aliphatic carbocycles. The van der Waals surface area contributed by atoms with E-state index in [0.717, 1.165) is 19.5 Å². The van der Waals surface area contributed by atoms with E-state index >= 15 is 0 Å². The van der Waals surface area contributed by atoms with Crippen LogP contribution < -0.4 is 5.32 Å². The summed E-state index contributed by atoms with van der Waals surface area (Å²) in [7, 11) is 1.84. The van der Waals surface area contributed by atoms with Gasteiger partial charge in [0, 0.05) is 45.6 Å². The summed E-state index contributed by atoms with van der Waals surface area (Å²) in [5.41, 5.74) is 0. The number of rotatable bonds is 6. The highest BCUT2D eigenvalue weighted by Gasteiger charge is 2.23. The molecule has 0 aromatic carbocycles. The van der Waals surface area contributed by atoms with E-state index in [1.807, 2.05) is 20.9 Å². The first-order chi connectivity index (χ1) is 8.60. The number of likely N-dealkylation sites (N-methyl/N-ethyl adjacent to an activating group) is 1. The fourth-order valence-electron chi connectivity index (χ4n) is 2.30. The van der Waals surface area contributed by atoms with E-state index in [2.05, 4.69) is 5.32 Å². The molecule has 5 heteroatoms. The molecule has 0 saturated carbocycles. The van der Waals surface area contributed by atoms with E-state index in [1.165, 1.54) is 0 Å². The van der Waals surface area contributed by atoms with Gasteiger partial charge in [0.15, 0.2) is 0 Å². The third kappa shape index (κ3) is 3.98. The normalized spacial score (nSPS) is 18.7. The van der Waals surface area contributed by atoms with Crippen LogP contribution in [0.15, 0.2) is 0 Å². The minimum atomic E-state index is 0.0733. The van der Waals surface area contributed by atoms with Crippen molar-refractivity contribution >= 4 is 11.8 Å². The topological polar surface area (TPSA) is 52.7 Å². The summed E-state index contributed by atoms with van der Waals surface area (Å²) in [4.78, 5) is 27.3. The Kier molecular flexibility index (Phi) is 6.12. The van der Waals surface area contributed by atoms with Crippen LogP contribution in [0.2, 0.25) is 0 Å². The van der Waals surface area contributed by atoms with Crippen molar-refractivity contribution in [2.45, 2.75) is 39.2 Å². The molecule has 0 aromatic rings. The van der Waals surface area contributed by atoms with Crippen molar-refractivity contribution in [3.63, 3.8) is 0 Å². The summed E-state index contributed by atoms with van der Waals surface area (Å²) < 4.78 is 0. The quantitative estimate of drug-likeness (QED) is 0.750. The lowest BCUT2D eigenvalue weighted by Crippen LogP contribution is -2.39. The molecule has 0 radical (unpaired) electrons. The monoisotopic (exact) mass is 255 g/mol. The number of carbonyl (C=O) groups excluding carboxylic acids is 2. The third-order valence-electron chi connectivity index (χ3n) is 3.64. The van der Waals surface area contributed by atoms with Gasteiger partial charge in [0.05, 0.1) is 0 Å². The van der Waals surface area contributed by atoms with E-state index in [1.54, 1.807) is 9.80 Å². The van der Waals surface area contributed by atoms with Gasteiger partial charge in [-0.2, -0.15) is 0 Å². The van der Waals surface area contributed by atoms with Crippen LogP contribution in [0, 0.1) is 0 Å². The highest BCUT2D eigenvalue weighted by Crippen LogP contribution is 2.09. The van der Waals surface area contributed by atoms with Gasteiger partial charge in [0.25, 0.3) is 0 Å². The Hall–Kier alpha value is -1.10. The maximum absolute atomic E-state index is 12.0. The van der Waals surface area contributed by atoms with Crippen molar-refractivity contribution in [3.8, 4) is 0 Å². The molecule has 1 aliphatic heterocycles. The van der Waals surface area contributed by atoms with Crippen LogP contribution in [0.3, 0.4) is 0 Å². The van der Waals surface area contributed by atoms with Crippen molar-refractivity contribution in [2.24, 2.45) is 0 Å². The molecule has 18 heavy (non-hydrogen) atoms. The molecule has 1 aliphatic rings. The number of nitrogens with one attached hydrogen (secondary N) is 1.